The van der Waals surface area contributed by atoms with E-state index in [0.29, 0.717) is 25.5 Å². The first kappa shape index (κ1) is 17.9. The minimum Gasteiger partial charge on any atom is -0.486 e. The highest BCUT2D eigenvalue weighted by Gasteiger charge is 2.27. The molecular formula is C19H25N3O2S. The van der Waals surface area contributed by atoms with E-state index >= 15 is 0 Å². The number of carbonyl (C=O) groups excluding carboxylic acids is 1. The minimum atomic E-state index is 0.0293. The molecule has 1 aromatic heterocycles. The molecule has 6 heteroatoms. The van der Waals surface area contributed by atoms with Gasteiger partial charge in [-0.25, -0.2) is 4.98 Å². The van der Waals surface area contributed by atoms with Gasteiger partial charge in [-0.1, -0.05) is 24.1 Å². The molecule has 2 unspecified atom stereocenters. The minimum absolute atomic E-state index is 0.0293. The highest BCUT2D eigenvalue weighted by molar-refractivity contribution is 7.09. The predicted molar refractivity (Wildman–Crippen MR) is 99.7 cm³/mol. The van der Waals surface area contributed by atoms with Gasteiger partial charge in [0.25, 0.3) is 0 Å². The van der Waals surface area contributed by atoms with E-state index < -0.39 is 0 Å². The van der Waals surface area contributed by atoms with Crippen LogP contribution in [0.25, 0.3) is 0 Å². The number of ether oxygens (including phenoxy) is 1. The molecule has 25 heavy (non-hydrogen) atoms. The molecule has 3 rings (SSSR count). The summed E-state index contributed by atoms with van der Waals surface area (Å²) in [7, 11) is 0. The Kier molecular flexibility index (Phi) is 6.04. The monoisotopic (exact) mass is 359 g/mol. The number of amides is 1. The lowest BCUT2D eigenvalue weighted by Crippen LogP contribution is -2.40. The van der Waals surface area contributed by atoms with E-state index in [1.54, 1.807) is 0 Å². The Morgan fingerprint density at radius 1 is 1.36 bits per heavy atom. The van der Waals surface area contributed by atoms with Gasteiger partial charge in [-0.2, -0.15) is 0 Å². The summed E-state index contributed by atoms with van der Waals surface area (Å²) in [5.74, 6) is 1.27. The number of hydrogen-bond donors (Lipinski definition) is 2. The van der Waals surface area contributed by atoms with Crippen LogP contribution in [0.5, 0.6) is 5.75 Å². The maximum Gasteiger partial charge on any atom is 0.226 e. The molecule has 1 saturated carbocycles. The van der Waals surface area contributed by atoms with Crippen molar-refractivity contribution in [3.05, 3.63) is 45.9 Å². The fourth-order valence-electron chi connectivity index (χ4n) is 3.21. The highest BCUT2D eigenvalue weighted by Crippen LogP contribution is 2.24. The summed E-state index contributed by atoms with van der Waals surface area (Å²) in [6.45, 7) is 3.11. The van der Waals surface area contributed by atoms with Gasteiger partial charge >= 0.3 is 0 Å². The second-order valence-electron chi connectivity index (χ2n) is 6.61. The number of carbonyl (C=O) groups is 1. The fraction of sp³-hybridized carbons (Fsp3) is 0.474. The van der Waals surface area contributed by atoms with Crippen molar-refractivity contribution >= 4 is 17.2 Å². The van der Waals surface area contributed by atoms with Crippen LogP contribution in [0, 0.1) is 12.8 Å². The molecule has 1 amide bonds. The van der Waals surface area contributed by atoms with E-state index in [1.807, 2.05) is 36.6 Å². The van der Waals surface area contributed by atoms with Crippen LogP contribution < -0.4 is 15.8 Å². The maximum atomic E-state index is 12.2. The van der Waals surface area contributed by atoms with Crippen molar-refractivity contribution in [3.8, 4) is 5.75 Å². The molecule has 0 aliphatic heterocycles. The number of nitrogens with two attached hydrogens (primary N) is 1. The molecule has 2 aromatic rings. The zero-order valence-electron chi connectivity index (χ0n) is 14.5. The first-order valence-electron chi connectivity index (χ1n) is 8.76. The average molecular weight is 359 g/mol. The number of nitrogens with zero attached hydrogens (tertiary/aromatic N) is 1. The van der Waals surface area contributed by atoms with Gasteiger partial charge in [0.15, 0.2) is 0 Å². The normalized spacial score (nSPS) is 19.8. The van der Waals surface area contributed by atoms with Crippen molar-refractivity contribution in [2.24, 2.45) is 11.7 Å². The Morgan fingerprint density at radius 3 is 2.92 bits per heavy atom. The fourth-order valence-corrected chi connectivity index (χ4v) is 3.91. The topological polar surface area (TPSA) is 77.2 Å². The van der Waals surface area contributed by atoms with Crippen LogP contribution >= 0.6 is 11.3 Å². The lowest BCUT2D eigenvalue weighted by atomic mass is 10.0. The van der Waals surface area contributed by atoms with E-state index in [1.165, 1.54) is 16.9 Å². The molecule has 2 atom stereocenters. The second-order valence-corrected chi connectivity index (χ2v) is 7.55. The van der Waals surface area contributed by atoms with Gasteiger partial charge in [-0.15, -0.1) is 11.3 Å². The molecule has 134 valence electrons. The first-order valence-corrected chi connectivity index (χ1v) is 9.64. The molecule has 0 bridgehead atoms. The average Bonchev–Trinajstić information content (AvgIpc) is 3.23. The molecule has 1 aliphatic carbocycles. The molecular weight excluding hydrogens is 334 g/mol. The predicted octanol–water partition coefficient (Wildman–Crippen LogP) is 2.82. The molecule has 0 radical (unpaired) electrons. The summed E-state index contributed by atoms with van der Waals surface area (Å²) < 4.78 is 5.74. The molecule has 1 fully saturated rings. The molecule has 3 N–H and O–H groups in total. The summed E-state index contributed by atoms with van der Waals surface area (Å²) in [6.07, 6.45) is 3.60. The summed E-state index contributed by atoms with van der Waals surface area (Å²) in [5, 5.41) is 5.93. The highest BCUT2D eigenvalue weighted by atomic mass is 32.1. The Labute approximate surface area is 152 Å². The van der Waals surface area contributed by atoms with Crippen LogP contribution in [-0.2, 0) is 17.8 Å². The van der Waals surface area contributed by atoms with Gasteiger partial charge in [0.05, 0.1) is 12.1 Å². The Bertz CT molecular complexity index is 699. The second kappa shape index (κ2) is 8.45. The number of hydrogen-bond acceptors (Lipinski definition) is 5. The van der Waals surface area contributed by atoms with Crippen molar-refractivity contribution in [2.75, 3.05) is 6.54 Å². The smallest absolute Gasteiger partial charge is 0.226 e. The molecule has 1 heterocycles. The first-order chi connectivity index (χ1) is 12.1. The Balaban J connectivity index is 1.47. The van der Waals surface area contributed by atoms with Gasteiger partial charge < -0.3 is 15.8 Å². The quantitative estimate of drug-likeness (QED) is 0.797. The zero-order valence-corrected chi connectivity index (χ0v) is 15.3. The Morgan fingerprint density at radius 2 is 2.16 bits per heavy atom. The number of benzene rings is 1. The summed E-state index contributed by atoms with van der Waals surface area (Å²) in [6, 6.07) is 8.16. The van der Waals surface area contributed by atoms with E-state index in [9.17, 15) is 4.79 Å². The van der Waals surface area contributed by atoms with Crippen molar-refractivity contribution in [1.29, 1.82) is 0 Å². The van der Waals surface area contributed by atoms with Gasteiger partial charge in [-0.05, 0) is 44.4 Å². The summed E-state index contributed by atoms with van der Waals surface area (Å²) in [4.78, 5) is 16.7. The van der Waals surface area contributed by atoms with Gasteiger partial charge in [-0.3, -0.25) is 4.79 Å². The summed E-state index contributed by atoms with van der Waals surface area (Å²) in [5.41, 5.74) is 7.77. The third-order valence-electron chi connectivity index (χ3n) is 4.63. The van der Waals surface area contributed by atoms with Gasteiger partial charge in [0.1, 0.15) is 17.4 Å². The maximum absolute atomic E-state index is 12.2. The van der Waals surface area contributed by atoms with Crippen LogP contribution in [0.2, 0.25) is 0 Å². The number of rotatable bonds is 7. The molecule has 1 aromatic carbocycles. The number of nitrogens with one attached hydrogen (secondary N) is 1. The van der Waals surface area contributed by atoms with Gasteiger partial charge in [0, 0.05) is 11.4 Å². The molecule has 1 aliphatic rings. The van der Waals surface area contributed by atoms with Crippen LogP contribution in [0.3, 0.4) is 0 Å². The third kappa shape index (κ3) is 5.03. The van der Waals surface area contributed by atoms with Crippen molar-refractivity contribution in [3.63, 3.8) is 0 Å². The SMILES string of the molecule is Cc1ccc(OCc2nc(CC(=O)NC3CCCC3CN)cs2)cc1. The van der Waals surface area contributed by atoms with E-state index in [0.717, 1.165) is 35.7 Å². The standard InChI is InChI=1S/C19H25N3O2S/c1-13-5-7-16(8-6-13)24-11-19-21-15(12-25-19)9-18(23)22-17-4-2-3-14(17)10-20/h5-8,12,14,17H,2-4,9-11,20H2,1H3,(H,22,23). The van der Waals surface area contributed by atoms with Crippen LogP contribution in [0.4, 0.5) is 0 Å². The van der Waals surface area contributed by atoms with Crippen LogP contribution in [0.1, 0.15) is 35.5 Å². The van der Waals surface area contributed by atoms with E-state index in [-0.39, 0.29) is 11.9 Å². The lowest BCUT2D eigenvalue weighted by molar-refractivity contribution is -0.121. The number of aromatic nitrogens is 1. The largest absolute Gasteiger partial charge is 0.486 e. The third-order valence-corrected chi connectivity index (χ3v) is 5.50. The van der Waals surface area contributed by atoms with Crippen molar-refractivity contribution < 1.29 is 9.53 Å². The van der Waals surface area contributed by atoms with Crippen LogP contribution in [-0.4, -0.2) is 23.5 Å². The zero-order chi connectivity index (χ0) is 17.6. The number of thiazole rings is 1. The van der Waals surface area contributed by atoms with Crippen molar-refractivity contribution in [2.45, 2.75) is 45.3 Å². The van der Waals surface area contributed by atoms with Crippen molar-refractivity contribution in [1.82, 2.24) is 10.3 Å². The molecule has 5 nitrogen and oxygen atoms in total. The van der Waals surface area contributed by atoms with E-state index in [4.69, 9.17) is 10.5 Å². The molecule has 0 spiro atoms. The lowest BCUT2D eigenvalue weighted by Gasteiger charge is -2.19. The summed E-state index contributed by atoms with van der Waals surface area (Å²) >= 11 is 1.53. The van der Waals surface area contributed by atoms with E-state index in [2.05, 4.69) is 10.3 Å². The van der Waals surface area contributed by atoms with Crippen LogP contribution in [0.15, 0.2) is 29.6 Å². The molecule has 0 saturated heterocycles. The number of aryl methyl sites for hydroxylation is 1. The van der Waals surface area contributed by atoms with Gasteiger partial charge in [0.2, 0.25) is 5.91 Å². The Hall–Kier alpha value is -1.92.